The van der Waals surface area contributed by atoms with Crippen LogP contribution in [0, 0.1) is 0 Å². The Labute approximate surface area is 107 Å². The number of rotatable bonds is 2. The molecule has 1 saturated heterocycles. The molecular formula is C14H19N3O. The molecule has 0 bridgehead atoms. The summed E-state index contributed by atoms with van der Waals surface area (Å²) >= 11 is 0. The number of pyridine rings is 1. The first-order chi connectivity index (χ1) is 8.88. The lowest BCUT2D eigenvalue weighted by molar-refractivity contribution is 0.142. The average Bonchev–Trinajstić information content (AvgIpc) is 2.74. The molecule has 96 valence electrons. The third-order valence-corrected chi connectivity index (χ3v) is 3.75. The van der Waals surface area contributed by atoms with Crippen molar-refractivity contribution in [3.05, 3.63) is 30.2 Å². The van der Waals surface area contributed by atoms with Gasteiger partial charge in [-0.05, 0) is 31.5 Å². The fraction of sp³-hybridized carbons (Fsp3) is 0.500. The fourth-order valence-electron chi connectivity index (χ4n) is 2.77. The van der Waals surface area contributed by atoms with E-state index in [0.717, 1.165) is 17.6 Å². The van der Waals surface area contributed by atoms with Gasteiger partial charge in [-0.1, -0.05) is 12.8 Å². The number of hydrazine groups is 1. The summed E-state index contributed by atoms with van der Waals surface area (Å²) in [4.78, 5) is 4.47. The molecule has 0 saturated carbocycles. The first-order valence-electron chi connectivity index (χ1n) is 6.65. The SMILES string of the molecule is CNN1CCCCC[C@@H]1c1cnc2ccoc2c1. The molecule has 1 fully saturated rings. The quantitative estimate of drug-likeness (QED) is 0.883. The summed E-state index contributed by atoms with van der Waals surface area (Å²) < 4.78 is 5.45. The van der Waals surface area contributed by atoms with Gasteiger partial charge in [0.2, 0.25) is 0 Å². The van der Waals surface area contributed by atoms with Gasteiger partial charge in [0, 0.05) is 18.8 Å². The van der Waals surface area contributed by atoms with E-state index in [0.29, 0.717) is 6.04 Å². The van der Waals surface area contributed by atoms with Crippen LogP contribution in [0.5, 0.6) is 0 Å². The van der Waals surface area contributed by atoms with Crippen LogP contribution in [0.3, 0.4) is 0 Å². The average molecular weight is 245 g/mol. The van der Waals surface area contributed by atoms with Gasteiger partial charge in [0.25, 0.3) is 0 Å². The second kappa shape index (κ2) is 5.08. The second-order valence-corrected chi connectivity index (χ2v) is 4.85. The summed E-state index contributed by atoms with van der Waals surface area (Å²) in [5.74, 6) is 0. The van der Waals surface area contributed by atoms with Crippen molar-refractivity contribution in [1.29, 1.82) is 0 Å². The first-order valence-corrected chi connectivity index (χ1v) is 6.65. The molecule has 0 aromatic carbocycles. The van der Waals surface area contributed by atoms with Crippen LogP contribution in [0.4, 0.5) is 0 Å². The van der Waals surface area contributed by atoms with Crippen molar-refractivity contribution in [3.63, 3.8) is 0 Å². The number of nitrogens with one attached hydrogen (secondary N) is 1. The van der Waals surface area contributed by atoms with Crippen LogP contribution in [-0.2, 0) is 0 Å². The lowest BCUT2D eigenvalue weighted by atomic mass is 10.0. The maximum atomic E-state index is 5.45. The molecule has 1 atom stereocenters. The molecular weight excluding hydrogens is 226 g/mol. The van der Waals surface area contributed by atoms with Crippen molar-refractivity contribution < 1.29 is 4.42 Å². The van der Waals surface area contributed by atoms with Crippen molar-refractivity contribution in [2.45, 2.75) is 31.7 Å². The summed E-state index contributed by atoms with van der Waals surface area (Å²) in [7, 11) is 2.00. The Morgan fingerprint density at radius 3 is 3.22 bits per heavy atom. The van der Waals surface area contributed by atoms with Gasteiger partial charge in [0.1, 0.15) is 5.52 Å². The Hall–Kier alpha value is -1.39. The van der Waals surface area contributed by atoms with E-state index >= 15 is 0 Å². The normalized spacial score (nSPS) is 22.2. The number of nitrogens with zero attached hydrogens (tertiary/aromatic N) is 2. The Morgan fingerprint density at radius 2 is 2.33 bits per heavy atom. The molecule has 0 aliphatic carbocycles. The van der Waals surface area contributed by atoms with E-state index in [1.807, 2.05) is 19.3 Å². The monoisotopic (exact) mass is 245 g/mol. The summed E-state index contributed by atoms with van der Waals surface area (Å²) in [6.45, 7) is 1.09. The highest BCUT2D eigenvalue weighted by atomic mass is 16.3. The van der Waals surface area contributed by atoms with Crippen LogP contribution in [0.15, 0.2) is 29.0 Å². The Balaban J connectivity index is 1.94. The van der Waals surface area contributed by atoms with Crippen molar-refractivity contribution in [2.75, 3.05) is 13.6 Å². The van der Waals surface area contributed by atoms with Crippen LogP contribution in [-0.4, -0.2) is 23.6 Å². The lowest BCUT2D eigenvalue weighted by Gasteiger charge is -2.28. The molecule has 2 aromatic rings. The van der Waals surface area contributed by atoms with Crippen LogP contribution in [0.2, 0.25) is 0 Å². The Kier molecular flexibility index (Phi) is 3.30. The van der Waals surface area contributed by atoms with E-state index in [1.165, 1.54) is 31.2 Å². The van der Waals surface area contributed by atoms with Gasteiger partial charge >= 0.3 is 0 Å². The molecule has 2 aromatic heterocycles. The fourth-order valence-corrected chi connectivity index (χ4v) is 2.77. The largest absolute Gasteiger partial charge is 0.463 e. The maximum Gasteiger partial charge on any atom is 0.152 e. The Morgan fingerprint density at radius 1 is 1.39 bits per heavy atom. The molecule has 0 amide bonds. The van der Waals surface area contributed by atoms with E-state index in [9.17, 15) is 0 Å². The van der Waals surface area contributed by atoms with Gasteiger partial charge in [0.05, 0.1) is 12.3 Å². The summed E-state index contributed by atoms with van der Waals surface area (Å²) in [5.41, 5.74) is 6.37. The summed E-state index contributed by atoms with van der Waals surface area (Å²) in [6, 6.07) is 4.43. The van der Waals surface area contributed by atoms with Crippen molar-refractivity contribution in [2.24, 2.45) is 0 Å². The zero-order valence-corrected chi connectivity index (χ0v) is 10.7. The molecule has 1 aliphatic rings. The topological polar surface area (TPSA) is 41.3 Å². The highest BCUT2D eigenvalue weighted by Crippen LogP contribution is 2.29. The molecule has 18 heavy (non-hydrogen) atoms. The molecule has 0 spiro atoms. The van der Waals surface area contributed by atoms with Crippen molar-refractivity contribution in [3.8, 4) is 0 Å². The second-order valence-electron chi connectivity index (χ2n) is 4.85. The minimum absolute atomic E-state index is 0.402. The van der Waals surface area contributed by atoms with E-state index in [-0.39, 0.29) is 0 Å². The summed E-state index contributed by atoms with van der Waals surface area (Å²) in [5, 5.41) is 2.32. The standard InChI is InChI=1S/C14H19N3O/c1-15-17-7-4-2-3-5-13(17)11-9-14-12(16-10-11)6-8-18-14/h6,8-10,13,15H,2-5,7H2,1H3/t13-/m1/s1. The number of hydrogen-bond donors (Lipinski definition) is 1. The van der Waals surface area contributed by atoms with E-state index in [4.69, 9.17) is 4.42 Å². The number of hydrogen-bond acceptors (Lipinski definition) is 4. The third kappa shape index (κ3) is 2.13. The van der Waals surface area contributed by atoms with Gasteiger partial charge in [0.15, 0.2) is 5.58 Å². The number of furan rings is 1. The first kappa shape index (κ1) is 11.7. The lowest BCUT2D eigenvalue weighted by Crippen LogP contribution is -2.38. The smallest absolute Gasteiger partial charge is 0.152 e. The summed E-state index contributed by atoms with van der Waals surface area (Å²) in [6.07, 6.45) is 8.70. The highest BCUT2D eigenvalue weighted by molar-refractivity contribution is 5.72. The van der Waals surface area contributed by atoms with E-state index in [1.54, 1.807) is 6.26 Å². The van der Waals surface area contributed by atoms with Crippen LogP contribution >= 0.6 is 0 Å². The van der Waals surface area contributed by atoms with E-state index in [2.05, 4.69) is 21.5 Å². The van der Waals surface area contributed by atoms with Crippen molar-refractivity contribution >= 4 is 11.1 Å². The van der Waals surface area contributed by atoms with Crippen LogP contribution < -0.4 is 5.43 Å². The highest BCUT2D eigenvalue weighted by Gasteiger charge is 2.22. The van der Waals surface area contributed by atoms with Crippen LogP contribution in [0.25, 0.3) is 11.1 Å². The van der Waals surface area contributed by atoms with Crippen molar-refractivity contribution in [1.82, 2.24) is 15.4 Å². The molecule has 4 nitrogen and oxygen atoms in total. The predicted octanol–water partition coefficient (Wildman–Crippen LogP) is 2.88. The maximum absolute atomic E-state index is 5.45. The number of aromatic nitrogens is 1. The zero-order chi connectivity index (χ0) is 12.4. The van der Waals surface area contributed by atoms with Gasteiger partial charge < -0.3 is 4.42 Å². The van der Waals surface area contributed by atoms with E-state index < -0.39 is 0 Å². The molecule has 4 heteroatoms. The minimum Gasteiger partial charge on any atom is -0.463 e. The van der Waals surface area contributed by atoms with Crippen LogP contribution in [0.1, 0.15) is 37.3 Å². The molecule has 3 heterocycles. The molecule has 0 radical (unpaired) electrons. The van der Waals surface area contributed by atoms with Gasteiger partial charge in [-0.2, -0.15) is 0 Å². The molecule has 0 unspecified atom stereocenters. The molecule has 3 rings (SSSR count). The number of fused-ring (bicyclic) bond motifs is 1. The van der Waals surface area contributed by atoms with Gasteiger partial charge in [-0.3, -0.25) is 10.4 Å². The molecule has 1 aliphatic heterocycles. The molecule has 1 N–H and O–H groups in total. The predicted molar refractivity (Wildman–Crippen MR) is 71.0 cm³/mol. The zero-order valence-electron chi connectivity index (χ0n) is 10.7. The van der Waals surface area contributed by atoms with Gasteiger partial charge in [-0.15, -0.1) is 0 Å². The Bertz CT molecular complexity index is 522. The third-order valence-electron chi connectivity index (χ3n) is 3.75. The minimum atomic E-state index is 0.402. The van der Waals surface area contributed by atoms with Gasteiger partial charge in [-0.25, -0.2) is 5.01 Å².